The summed E-state index contributed by atoms with van der Waals surface area (Å²) in [7, 11) is 0. The second-order valence-corrected chi connectivity index (χ2v) is 9.35. The van der Waals surface area contributed by atoms with E-state index in [1.807, 2.05) is 55.5 Å². The smallest absolute Gasteiger partial charge is 0.350 e. The van der Waals surface area contributed by atoms with E-state index >= 15 is 0 Å². The zero-order chi connectivity index (χ0) is 29.0. The summed E-state index contributed by atoms with van der Waals surface area (Å²) in [6, 6.07) is 21.2. The second-order valence-electron chi connectivity index (χ2n) is 9.35. The maximum Gasteiger partial charge on any atom is 0.416 e. The summed E-state index contributed by atoms with van der Waals surface area (Å²) >= 11 is 0. The van der Waals surface area contributed by atoms with E-state index in [1.165, 1.54) is 23.2 Å². The van der Waals surface area contributed by atoms with Crippen molar-refractivity contribution < 1.29 is 22.8 Å². The Labute approximate surface area is 232 Å². The molecule has 9 nitrogen and oxygen atoms in total. The van der Waals surface area contributed by atoms with Crippen LogP contribution in [0.3, 0.4) is 0 Å². The van der Waals surface area contributed by atoms with Crippen molar-refractivity contribution in [2.45, 2.75) is 26.2 Å². The molecule has 0 radical (unpaired) electrons. The molecule has 2 aromatic heterocycles. The van der Waals surface area contributed by atoms with E-state index < -0.39 is 17.6 Å². The lowest BCUT2D eigenvalue weighted by Gasteiger charge is -2.22. The molecule has 5 aromatic rings. The van der Waals surface area contributed by atoms with Crippen molar-refractivity contribution in [3.8, 4) is 11.4 Å². The molecule has 0 unspecified atom stereocenters. The molecule has 3 aromatic carbocycles. The van der Waals surface area contributed by atoms with Gasteiger partial charge in [0.1, 0.15) is 13.1 Å². The predicted molar refractivity (Wildman–Crippen MR) is 145 cm³/mol. The third-order valence-electron chi connectivity index (χ3n) is 6.30. The van der Waals surface area contributed by atoms with Crippen molar-refractivity contribution in [1.82, 2.24) is 30.5 Å². The maximum absolute atomic E-state index is 13.5. The van der Waals surface area contributed by atoms with E-state index in [4.69, 9.17) is 0 Å². The number of hydrogen-bond donors (Lipinski definition) is 1. The molecule has 0 aliphatic heterocycles. The molecule has 0 spiro atoms. The quantitative estimate of drug-likeness (QED) is 0.299. The summed E-state index contributed by atoms with van der Waals surface area (Å²) in [5.41, 5.74) is 2.65. The van der Waals surface area contributed by atoms with E-state index in [0.717, 1.165) is 39.0 Å². The van der Waals surface area contributed by atoms with E-state index in [1.54, 1.807) is 6.07 Å². The van der Waals surface area contributed by atoms with Gasteiger partial charge in [-0.1, -0.05) is 60.2 Å². The maximum atomic E-state index is 13.5. The van der Waals surface area contributed by atoms with Gasteiger partial charge in [0, 0.05) is 17.5 Å². The van der Waals surface area contributed by atoms with Crippen molar-refractivity contribution in [2.75, 3.05) is 11.4 Å². The lowest BCUT2D eigenvalue weighted by Crippen LogP contribution is -2.42. The molecule has 0 bridgehead atoms. The molecule has 5 rings (SSSR count). The van der Waals surface area contributed by atoms with Crippen LogP contribution < -0.4 is 10.2 Å². The molecular weight excluding hydrogens is 535 g/mol. The Morgan fingerprint density at radius 2 is 1.71 bits per heavy atom. The van der Waals surface area contributed by atoms with Gasteiger partial charge in [-0.15, -0.1) is 10.2 Å². The molecule has 0 aliphatic rings. The van der Waals surface area contributed by atoms with Crippen LogP contribution >= 0.6 is 0 Å². The zero-order valence-electron chi connectivity index (χ0n) is 21.8. The Balaban J connectivity index is 1.34. The second kappa shape index (κ2) is 11.5. The number of anilines is 1. The SMILES string of the molecule is Cc1ccc(CNC(=O)CN(C(=O)Cn2nnc(-c3ccc(C(F)(F)F)cc3)n2)c2cnc3ccccc3c2)cc1. The average molecular weight is 560 g/mol. The Morgan fingerprint density at radius 3 is 2.44 bits per heavy atom. The Morgan fingerprint density at radius 1 is 0.976 bits per heavy atom. The van der Waals surface area contributed by atoms with Crippen LogP contribution in [0.5, 0.6) is 0 Å². The van der Waals surface area contributed by atoms with E-state index in [-0.39, 0.29) is 31.4 Å². The van der Waals surface area contributed by atoms with Crippen molar-refractivity contribution >= 4 is 28.4 Å². The average Bonchev–Trinajstić information content (AvgIpc) is 3.43. The van der Waals surface area contributed by atoms with Crippen LogP contribution in [-0.2, 0) is 28.9 Å². The van der Waals surface area contributed by atoms with Crippen LogP contribution in [0.2, 0.25) is 0 Å². The van der Waals surface area contributed by atoms with Crippen LogP contribution in [0.25, 0.3) is 22.3 Å². The first-order valence-corrected chi connectivity index (χ1v) is 12.6. The van der Waals surface area contributed by atoms with Crippen molar-refractivity contribution in [1.29, 1.82) is 0 Å². The number of para-hydroxylation sites is 1. The normalized spacial score (nSPS) is 11.4. The molecule has 2 amide bonds. The predicted octanol–water partition coefficient (Wildman–Crippen LogP) is 4.57. The number of rotatable bonds is 8. The molecule has 1 N–H and O–H groups in total. The number of alkyl halides is 3. The van der Waals surface area contributed by atoms with Gasteiger partial charge in [-0.25, -0.2) is 0 Å². The van der Waals surface area contributed by atoms with Gasteiger partial charge in [0.05, 0.1) is 23.0 Å². The monoisotopic (exact) mass is 559 g/mol. The van der Waals surface area contributed by atoms with Gasteiger partial charge in [0.25, 0.3) is 5.91 Å². The van der Waals surface area contributed by atoms with Crippen LogP contribution in [0.1, 0.15) is 16.7 Å². The Hall–Kier alpha value is -5.13. The number of nitrogens with one attached hydrogen (secondary N) is 1. The van der Waals surface area contributed by atoms with E-state index in [9.17, 15) is 22.8 Å². The van der Waals surface area contributed by atoms with Crippen LogP contribution in [0, 0.1) is 6.92 Å². The number of carbonyl (C=O) groups is 2. The van der Waals surface area contributed by atoms with Gasteiger partial charge >= 0.3 is 6.18 Å². The number of nitrogens with zero attached hydrogens (tertiary/aromatic N) is 6. The topological polar surface area (TPSA) is 106 Å². The number of carbonyl (C=O) groups excluding carboxylic acids is 2. The number of aromatic nitrogens is 5. The Kier molecular flexibility index (Phi) is 7.72. The molecule has 12 heteroatoms. The number of tetrazole rings is 1. The summed E-state index contributed by atoms with van der Waals surface area (Å²) in [6.45, 7) is 1.61. The summed E-state index contributed by atoms with van der Waals surface area (Å²) in [6.07, 6.45) is -2.96. The fourth-order valence-corrected chi connectivity index (χ4v) is 4.08. The molecule has 0 atom stereocenters. The van der Waals surface area contributed by atoms with Crippen LogP contribution in [0.4, 0.5) is 18.9 Å². The first kappa shape index (κ1) is 27.4. The van der Waals surface area contributed by atoms with Crippen LogP contribution in [-0.4, -0.2) is 43.6 Å². The summed E-state index contributed by atoms with van der Waals surface area (Å²) in [5, 5.41) is 15.5. The molecular formula is C29H24F3N7O2. The molecule has 41 heavy (non-hydrogen) atoms. The van der Waals surface area contributed by atoms with Crippen molar-refractivity contribution in [3.63, 3.8) is 0 Å². The number of benzene rings is 3. The van der Waals surface area contributed by atoms with Gasteiger partial charge < -0.3 is 5.32 Å². The van der Waals surface area contributed by atoms with Gasteiger partial charge in [-0.3, -0.25) is 19.5 Å². The highest BCUT2D eigenvalue weighted by Crippen LogP contribution is 2.30. The number of aryl methyl sites for hydroxylation is 1. The molecule has 2 heterocycles. The largest absolute Gasteiger partial charge is 0.416 e. The number of hydrogen-bond acceptors (Lipinski definition) is 6. The standard InChI is InChI=1S/C29H24F3N7O2/c1-19-6-8-20(9-7-19)15-34-26(40)17-38(24-14-22-4-2-3-5-25(22)33-16-24)27(41)18-39-36-28(35-37-39)21-10-12-23(13-11-21)29(30,31)32/h2-14,16H,15,17-18H2,1H3,(H,34,40). The molecule has 208 valence electrons. The fraction of sp³-hybridized carbons (Fsp3) is 0.172. The van der Waals surface area contributed by atoms with Gasteiger partial charge in [0.15, 0.2) is 0 Å². The van der Waals surface area contributed by atoms with E-state index in [2.05, 4.69) is 25.7 Å². The minimum Gasteiger partial charge on any atom is -0.350 e. The summed E-state index contributed by atoms with van der Waals surface area (Å²) in [4.78, 5) is 33.1. The lowest BCUT2D eigenvalue weighted by atomic mass is 10.1. The first-order chi connectivity index (χ1) is 19.7. The zero-order valence-corrected chi connectivity index (χ0v) is 21.8. The highest BCUT2D eigenvalue weighted by molar-refractivity contribution is 5.99. The highest BCUT2D eigenvalue weighted by Gasteiger charge is 2.30. The number of pyridine rings is 1. The summed E-state index contributed by atoms with van der Waals surface area (Å²) < 4.78 is 38.7. The van der Waals surface area contributed by atoms with Crippen molar-refractivity contribution in [3.05, 3.63) is 102 Å². The number of amides is 2. The highest BCUT2D eigenvalue weighted by atomic mass is 19.4. The molecule has 0 fully saturated rings. The van der Waals surface area contributed by atoms with Gasteiger partial charge in [-0.05, 0) is 42.0 Å². The third kappa shape index (κ3) is 6.72. The molecule has 0 saturated heterocycles. The minimum atomic E-state index is -4.47. The third-order valence-corrected chi connectivity index (χ3v) is 6.30. The van der Waals surface area contributed by atoms with Crippen molar-refractivity contribution in [2.24, 2.45) is 0 Å². The first-order valence-electron chi connectivity index (χ1n) is 12.6. The molecule has 0 saturated carbocycles. The number of halogens is 3. The Bertz CT molecular complexity index is 1680. The van der Waals surface area contributed by atoms with Gasteiger partial charge in [0.2, 0.25) is 11.7 Å². The minimum absolute atomic E-state index is 0.0567. The fourth-order valence-electron chi connectivity index (χ4n) is 4.08. The number of fused-ring (bicyclic) bond motifs is 1. The molecule has 0 aliphatic carbocycles. The van der Waals surface area contributed by atoms with Gasteiger partial charge in [-0.2, -0.15) is 18.0 Å². The lowest BCUT2D eigenvalue weighted by molar-refractivity contribution is -0.137. The van der Waals surface area contributed by atoms with Crippen LogP contribution in [0.15, 0.2) is 85.1 Å². The van der Waals surface area contributed by atoms with E-state index in [0.29, 0.717) is 11.3 Å². The summed E-state index contributed by atoms with van der Waals surface area (Å²) in [5.74, 6) is -0.839.